The number of carbonyl (C=O) groups is 1. The molecule has 0 radical (unpaired) electrons. The molecule has 0 unspecified atom stereocenters. The van der Waals surface area contributed by atoms with E-state index in [-0.39, 0.29) is 5.41 Å². The van der Waals surface area contributed by atoms with Gasteiger partial charge in [0, 0.05) is 23.8 Å². The monoisotopic (exact) mass is 217 g/mol. The molecule has 3 nitrogen and oxygen atoms in total. The number of benzene rings is 1. The second-order valence-electron chi connectivity index (χ2n) is 4.67. The van der Waals surface area contributed by atoms with E-state index in [4.69, 9.17) is 5.11 Å². The normalized spacial score (nSPS) is 17.4. The first-order chi connectivity index (χ1) is 7.35. The third-order valence-corrected chi connectivity index (χ3v) is 3.40. The van der Waals surface area contributed by atoms with Gasteiger partial charge in [-0.3, -0.25) is 0 Å². The Hall–Kier alpha value is -1.77. The van der Waals surface area contributed by atoms with Crippen LogP contribution in [0.3, 0.4) is 0 Å². The van der Waals surface area contributed by atoms with Crippen LogP contribution in [0.5, 0.6) is 0 Å². The highest BCUT2D eigenvalue weighted by Gasteiger charge is 2.37. The van der Waals surface area contributed by atoms with Crippen LogP contribution in [0.1, 0.15) is 29.8 Å². The first kappa shape index (κ1) is 10.7. The summed E-state index contributed by atoms with van der Waals surface area (Å²) in [4.78, 5) is 13.0. The minimum atomic E-state index is -0.890. The summed E-state index contributed by atoms with van der Waals surface area (Å²) >= 11 is 0. The van der Waals surface area contributed by atoms with Crippen molar-refractivity contribution < 1.29 is 9.90 Å². The number of anilines is 1. The van der Waals surface area contributed by atoms with Crippen molar-refractivity contribution in [1.82, 2.24) is 0 Å². The Kier molecular flexibility index (Phi) is 2.09. The van der Waals surface area contributed by atoms with Crippen molar-refractivity contribution in [2.75, 3.05) is 11.9 Å². The molecular weight excluding hydrogens is 202 g/mol. The largest absolute Gasteiger partial charge is 0.478 e. The standard InChI is InChI=1S/C13H15NO2/c1-8-13(2,3)10-7-9(12(15)16)5-6-11(10)14(8)4/h5-7H,1H2,2-4H3,(H,15,16). The molecule has 1 aliphatic rings. The van der Waals surface area contributed by atoms with Crippen LogP contribution in [-0.2, 0) is 5.41 Å². The van der Waals surface area contributed by atoms with E-state index >= 15 is 0 Å². The maximum absolute atomic E-state index is 10.9. The van der Waals surface area contributed by atoms with Gasteiger partial charge in [-0.2, -0.15) is 0 Å². The van der Waals surface area contributed by atoms with Gasteiger partial charge in [0.2, 0.25) is 0 Å². The zero-order valence-electron chi connectivity index (χ0n) is 9.74. The number of rotatable bonds is 1. The van der Waals surface area contributed by atoms with Gasteiger partial charge in [-0.05, 0) is 23.8 Å². The van der Waals surface area contributed by atoms with Crippen LogP contribution in [0.4, 0.5) is 5.69 Å². The Morgan fingerprint density at radius 1 is 1.44 bits per heavy atom. The average molecular weight is 217 g/mol. The van der Waals surface area contributed by atoms with Gasteiger partial charge in [0.15, 0.2) is 0 Å². The second-order valence-corrected chi connectivity index (χ2v) is 4.67. The fourth-order valence-electron chi connectivity index (χ4n) is 2.18. The molecule has 0 saturated carbocycles. The summed E-state index contributed by atoms with van der Waals surface area (Å²) in [5, 5.41) is 8.98. The highest BCUT2D eigenvalue weighted by molar-refractivity contribution is 5.89. The van der Waals surface area contributed by atoms with Gasteiger partial charge < -0.3 is 10.0 Å². The van der Waals surface area contributed by atoms with Crippen LogP contribution in [0.25, 0.3) is 0 Å². The van der Waals surface area contributed by atoms with Crippen LogP contribution in [0.15, 0.2) is 30.5 Å². The summed E-state index contributed by atoms with van der Waals surface area (Å²) in [6.07, 6.45) is 0. The Balaban J connectivity index is 2.65. The summed E-state index contributed by atoms with van der Waals surface area (Å²) in [5.74, 6) is -0.890. The lowest BCUT2D eigenvalue weighted by molar-refractivity contribution is 0.0697. The smallest absolute Gasteiger partial charge is 0.335 e. The summed E-state index contributed by atoms with van der Waals surface area (Å²) in [7, 11) is 1.95. The molecule has 0 fully saturated rings. The quantitative estimate of drug-likeness (QED) is 0.786. The number of hydrogen-bond donors (Lipinski definition) is 1. The van der Waals surface area contributed by atoms with Gasteiger partial charge in [0.1, 0.15) is 0 Å². The van der Waals surface area contributed by atoms with Crippen LogP contribution in [0, 0.1) is 0 Å². The number of carboxylic acid groups (broad SMARTS) is 1. The Morgan fingerprint density at radius 2 is 2.06 bits per heavy atom. The highest BCUT2D eigenvalue weighted by atomic mass is 16.4. The Labute approximate surface area is 95.0 Å². The van der Waals surface area contributed by atoms with E-state index in [1.54, 1.807) is 12.1 Å². The summed E-state index contributed by atoms with van der Waals surface area (Å²) in [5.41, 5.74) is 3.19. The van der Waals surface area contributed by atoms with Crippen molar-refractivity contribution in [3.8, 4) is 0 Å². The number of likely N-dealkylation sites (N-methyl/N-ethyl adjacent to an activating group) is 1. The molecule has 1 aromatic carbocycles. The SMILES string of the molecule is C=C1N(C)c2ccc(C(=O)O)cc2C1(C)C. The average Bonchev–Trinajstić information content (AvgIpc) is 2.40. The Morgan fingerprint density at radius 3 is 2.62 bits per heavy atom. The van der Waals surface area contributed by atoms with Gasteiger partial charge in [0.05, 0.1) is 5.56 Å². The third kappa shape index (κ3) is 1.24. The number of fused-ring (bicyclic) bond motifs is 1. The lowest BCUT2D eigenvalue weighted by atomic mass is 9.84. The van der Waals surface area contributed by atoms with Crippen LogP contribution in [-0.4, -0.2) is 18.1 Å². The molecule has 0 aliphatic carbocycles. The number of hydrogen-bond acceptors (Lipinski definition) is 2. The van der Waals surface area contributed by atoms with Crippen LogP contribution < -0.4 is 4.90 Å². The summed E-state index contributed by atoms with van der Waals surface area (Å²) in [6.45, 7) is 8.17. The molecule has 3 heteroatoms. The molecule has 16 heavy (non-hydrogen) atoms. The van der Waals surface area contributed by atoms with Crippen LogP contribution in [0.2, 0.25) is 0 Å². The van der Waals surface area contributed by atoms with Gasteiger partial charge in [-0.25, -0.2) is 4.79 Å². The van der Waals surface area contributed by atoms with Gasteiger partial charge in [-0.1, -0.05) is 20.4 Å². The molecule has 1 aliphatic heterocycles. The van der Waals surface area contributed by atoms with Crippen molar-refractivity contribution in [2.24, 2.45) is 0 Å². The topological polar surface area (TPSA) is 40.5 Å². The van der Waals surface area contributed by atoms with Crippen molar-refractivity contribution in [3.63, 3.8) is 0 Å². The van der Waals surface area contributed by atoms with Crippen molar-refractivity contribution in [1.29, 1.82) is 0 Å². The minimum absolute atomic E-state index is 0.199. The molecule has 0 atom stereocenters. The number of carboxylic acids is 1. The van der Waals surface area contributed by atoms with E-state index in [1.807, 2.05) is 18.0 Å². The first-order valence-corrected chi connectivity index (χ1v) is 5.16. The van der Waals surface area contributed by atoms with E-state index < -0.39 is 5.97 Å². The Bertz CT molecular complexity index is 489. The van der Waals surface area contributed by atoms with E-state index in [0.717, 1.165) is 16.9 Å². The van der Waals surface area contributed by atoms with E-state index in [2.05, 4.69) is 20.4 Å². The fraction of sp³-hybridized carbons (Fsp3) is 0.308. The molecule has 2 rings (SSSR count). The van der Waals surface area contributed by atoms with E-state index in [9.17, 15) is 4.79 Å². The molecule has 0 aromatic heterocycles. The lowest BCUT2D eigenvalue weighted by Gasteiger charge is -2.22. The zero-order chi connectivity index (χ0) is 12.1. The predicted molar refractivity (Wildman–Crippen MR) is 64.0 cm³/mol. The number of allylic oxidation sites excluding steroid dienone is 1. The van der Waals surface area contributed by atoms with E-state index in [1.165, 1.54) is 0 Å². The fourth-order valence-corrected chi connectivity index (χ4v) is 2.18. The molecular formula is C13H15NO2. The molecule has 1 aromatic rings. The van der Waals surface area contributed by atoms with Gasteiger partial charge in [-0.15, -0.1) is 0 Å². The molecule has 1 heterocycles. The maximum atomic E-state index is 10.9. The lowest BCUT2D eigenvalue weighted by Crippen LogP contribution is -2.21. The summed E-state index contributed by atoms with van der Waals surface area (Å²) in [6, 6.07) is 5.22. The van der Waals surface area contributed by atoms with Crippen molar-refractivity contribution >= 4 is 11.7 Å². The van der Waals surface area contributed by atoms with Gasteiger partial charge in [0.25, 0.3) is 0 Å². The molecule has 0 spiro atoms. The van der Waals surface area contributed by atoms with Crippen LogP contribution >= 0.6 is 0 Å². The van der Waals surface area contributed by atoms with E-state index in [0.29, 0.717) is 5.56 Å². The molecule has 1 N–H and O–H groups in total. The van der Waals surface area contributed by atoms with Crippen molar-refractivity contribution in [3.05, 3.63) is 41.6 Å². The molecule has 0 saturated heterocycles. The number of nitrogens with zero attached hydrogens (tertiary/aromatic N) is 1. The molecule has 84 valence electrons. The predicted octanol–water partition coefficient (Wildman–Crippen LogP) is 2.63. The van der Waals surface area contributed by atoms with Gasteiger partial charge >= 0.3 is 5.97 Å². The minimum Gasteiger partial charge on any atom is -0.478 e. The third-order valence-electron chi connectivity index (χ3n) is 3.40. The highest BCUT2D eigenvalue weighted by Crippen LogP contribution is 2.46. The number of aromatic carboxylic acids is 1. The van der Waals surface area contributed by atoms with Crippen molar-refractivity contribution in [2.45, 2.75) is 19.3 Å². The zero-order valence-corrected chi connectivity index (χ0v) is 9.74. The maximum Gasteiger partial charge on any atom is 0.335 e. The first-order valence-electron chi connectivity index (χ1n) is 5.16. The summed E-state index contributed by atoms with van der Waals surface area (Å²) < 4.78 is 0. The molecule has 0 amide bonds. The second kappa shape index (κ2) is 3.11. The molecule has 0 bridgehead atoms.